The number of fused-ring (bicyclic) bond motifs is 1. The summed E-state index contributed by atoms with van der Waals surface area (Å²) < 4.78 is 5.03. The molecule has 4 aromatic rings. The van der Waals surface area contributed by atoms with Gasteiger partial charge in [-0.15, -0.1) is 23.1 Å². The number of carbonyl (C=O) groups excluding carboxylic acids is 4. The zero-order chi connectivity index (χ0) is 32.6. The standard InChI is InChI=1S/C35H32ClN3O5S2/c1-21-14-15-27-29(16-21)46-34(31(27)35(43)44-2)39-30(40)20-45-26-13-7-12-25(19-26)37-33(42)28(18-22-8-6-11-24(36)17-22)38-32(41)23-9-4-3-5-10-23/h3-13,17-19,21H,14-16,20H2,1-2H3,(H,37,42)(H,38,41)(H,39,40)/b28-18-. The molecule has 1 unspecified atom stereocenters. The van der Waals surface area contributed by atoms with Crippen molar-refractivity contribution >= 4 is 75.2 Å². The Kier molecular flexibility index (Phi) is 11.0. The molecular formula is C35H32ClN3O5S2. The molecule has 3 N–H and O–H groups in total. The molecule has 11 heteroatoms. The second-order valence-corrected chi connectivity index (χ2v) is 13.4. The summed E-state index contributed by atoms with van der Waals surface area (Å²) in [6.45, 7) is 2.18. The van der Waals surface area contributed by atoms with Crippen LogP contribution in [0.4, 0.5) is 10.7 Å². The number of esters is 1. The number of rotatable bonds is 10. The van der Waals surface area contributed by atoms with Gasteiger partial charge in [0.15, 0.2) is 0 Å². The Morgan fingerprint density at radius 2 is 1.78 bits per heavy atom. The summed E-state index contributed by atoms with van der Waals surface area (Å²) in [6.07, 6.45) is 4.20. The number of nitrogens with one attached hydrogen (secondary N) is 3. The van der Waals surface area contributed by atoms with Crippen LogP contribution in [0.15, 0.2) is 89.5 Å². The zero-order valence-corrected chi connectivity index (χ0v) is 27.6. The molecule has 0 fully saturated rings. The second-order valence-electron chi connectivity index (χ2n) is 10.8. The fourth-order valence-corrected chi connectivity index (χ4v) is 7.40. The molecule has 0 saturated carbocycles. The van der Waals surface area contributed by atoms with E-state index in [0.717, 1.165) is 34.6 Å². The van der Waals surface area contributed by atoms with Crippen LogP contribution < -0.4 is 16.0 Å². The van der Waals surface area contributed by atoms with Gasteiger partial charge in [0.2, 0.25) is 5.91 Å². The van der Waals surface area contributed by atoms with E-state index < -0.39 is 17.8 Å². The number of hydrogen-bond donors (Lipinski definition) is 3. The molecule has 1 aliphatic carbocycles. The average Bonchev–Trinajstić information content (AvgIpc) is 3.40. The first-order valence-corrected chi connectivity index (χ1v) is 16.8. The first-order valence-electron chi connectivity index (χ1n) is 14.6. The normalized spacial score (nSPS) is 14.2. The number of benzene rings is 3. The van der Waals surface area contributed by atoms with Gasteiger partial charge in [-0.05, 0) is 84.8 Å². The summed E-state index contributed by atoms with van der Waals surface area (Å²) in [5.41, 5.74) is 2.98. The lowest BCUT2D eigenvalue weighted by Gasteiger charge is -2.18. The van der Waals surface area contributed by atoms with E-state index in [2.05, 4.69) is 22.9 Å². The van der Waals surface area contributed by atoms with Crippen molar-refractivity contribution < 1.29 is 23.9 Å². The number of amides is 3. The van der Waals surface area contributed by atoms with Gasteiger partial charge >= 0.3 is 5.97 Å². The Hall–Kier alpha value is -4.38. The molecule has 0 spiro atoms. The Balaban J connectivity index is 1.26. The number of halogens is 1. The molecule has 236 valence electrons. The van der Waals surface area contributed by atoms with Crippen molar-refractivity contribution in [2.24, 2.45) is 5.92 Å². The van der Waals surface area contributed by atoms with E-state index >= 15 is 0 Å². The lowest BCUT2D eigenvalue weighted by molar-refractivity contribution is -0.114. The van der Waals surface area contributed by atoms with Crippen LogP contribution in [0, 0.1) is 5.92 Å². The maximum atomic E-state index is 13.4. The highest BCUT2D eigenvalue weighted by Crippen LogP contribution is 2.40. The number of hydrogen-bond acceptors (Lipinski definition) is 7. The van der Waals surface area contributed by atoms with Crippen LogP contribution in [0.2, 0.25) is 5.02 Å². The van der Waals surface area contributed by atoms with E-state index in [9.17, 15) is 19.2 Å². The second kappa shape index (κ2) is 15.3. The Bertz CT molecular complexity index is 1800. The lowest BCUT2D eigenvalue weighted by Crippen LogP contribution is -2.30. The third kappa shape index (κ3) is 8.45. The van der Waals surface area contributed by atoms with E-state index in [0.29, 0.717) is 38.3 Å². The van der Waals surface area contributed by atoms with Crippen molar-refractivity contribution in [2.75, 3.05) is 23.5 Å². The van der Waals surface area contributed by atoms with Crippen molar-refractivity contribution in [2.45, 2.75) is 31.1 Å². The smallest absolute Gasteiger partial charge is 0.341 e. The molecule has 5 rings (SSSR count). The van der Waals surface area contributed by atoms with Crippen molar-refractivity contribution in [3.63, 3.8) is 0 Å². The van der Waals surface area contributed by atoms with Crippen LogP contribution in [0.1, 0.15) is 50.1 Å². The highest BCUT2D eigenvalue weighted by atomic mass is 35.5. The van der Waals surface area contributed by atoms with Crippen LogP contribution in [0.5, 0.6) is 0 Å². The van der Waals surface area contributed by atoms with Gasteiger partial charge in [-0.2, -0.15) is 0 Å². The van der Waals surface area contributed by atoms with Crippen molar-refractivity contribution in [3.05, 3.63) is 117 Å². The summed E-state index contributed by atoms with van der Waals surface area (Å²) in [4.78, 5) is 53.8. The summed E-state index contributed by atoms with van der Waals surface area (Å²) >= 11 is 8.88. The number of ether oxygens (including phenoxy) is 1. The van der Waals surface area contributed by atoms with Crippen LogP contribution in [-0.2, 0) is 27.2 Å². The molecule has 1 heterocycles. The van der Waals surface area contributed by atoms with Gasteiger partial charge in [-0.3, -0.25) is 14.4 Å². The molecule has 3 aromatic carbocycles. The lowest BCUT2D eigenvalue weighted by atomic mass is 9.88. The Morgan fingerprint density at radius 3 is 2.54 bits per heavy atom. The van der Waals surface area contributed by atoms with Crippen LogP contribution in [0.3, 0.4) is 0 Å². The molecule has 3 amide bonds. The molecule has 1 aliphatic rings. The molecule has 8 nitrogen and oxygen atoms in total. The molecule has 0 radical (unpaired) electrons. The van der Waals surface area contributed by atoms with Gasteiger partial charge < -0.3 is 20.7 Å². The minimum Gasteiger partial charge on any atom is -0.465 e. The summed E-state index contributed by atoms with van der Waals surface area (Å²) in [5, 5.41) is 9.49. The highest BCUT2D eigenvalue weighted by Gasteiger charge is 2.29. The highest BCUT2D eigenvalue weighted by molar-refractivity contribution is 8.00. The third-order valence-corrected chi connectivity index (χ3v) is 9.70. The van der Waals surface area contributed by atoms with Crippen LogP contribution in [0.25, 0.3) is 6.08 Å². The Morgan fingerprint density at radius 1 is 1.00 bits per heavy atom. The van der Waals surface area contributed by atoms with Gasteiger partial charge in [0.25, 0.3) is 11.8 Å². The van der Waals surface area contributed by atoms with Gasteiger partial charge in [-0.25, -0.2) is 4.79 Å². The molecule has 0 saturated heterocycles. The molecule has 0 bridgehead atoms. The summed E-state index contributed by atoms with van der Waals surface area (Å²) in [5.74, 6) is -1.06. The van der Waals surface area contributed by atoms with Crippen LogP contribution in [-0.4, -0.2) is 36.6 Å². The summed E-state index contributed by atoms with van der Waals surface area (Å²) in [7, 11) is 1.35. The van der Waals surface area contributed by atoms with Gasteiger partial charge in [0, 0.05) is 26.0 Å². The Labute approximate surface area is 280 Å². The minimum atomic E-state index is -0.532. The fourth-order valence-electron chi connectivity index (χ4n) is 5.04. The zero-order valence-electron chi connectivity index (χ0n) is 25.2. The van der Waals surface area contributed by atoms with Gasteiger partial charge in [-0.1, -0.05) is 54.9 Å². The summed E-state index contributed by atoms with van der Waals surface area (Å²) in [6, 6.07) is 22.6. The molecule has 1 atom stereocenters. The average molecular weight is 674 g/mol. The topological polar surface area (TPSA) is 114 Å². The molecule has 1 aromatic heterocycles. The SMILES string of the molecule is COC(=O)c1c(NC(=O)CSc2cccc(NC(=O)/C(=C/c3cccc(Cl)c3)NC(=O)c3ccccc3)c2)sc2c1CCC(C)C2. The van der Waals surface area contributed by atoms with Crippen molar-refractivity contribution in [3.8, 4) is 0 Å². The maximum absolute atomic E-state index is 13.4. The maximum Gasteiger partial charge on any atom is 0.341 e. The quantitative estimate of drug-likeness (QED) is 0.0916. The first kappa shape index (κ1) is 33.0. The van der Waals surface area contributed by atoms with Crippen LogP contribution >= 0.6 is 34.7 Å². The number of anilines is 2. The molecular weight excluding hydrogens is 642 g/mol. The number of carbonyl (C=O) groups is 4. The predicted octanol–water partition coefficient (Wildman–Crippen LogP) is 7.45. The number of methoxy groups -OCH3 is 1. The minimum absolute atomic E-state index is 0.0306. The van der Waals surface area contributed by atoms with E-state index in [1.54, 1.807) is 78.9 Å². The monoisotopic (exact) mass is 673 g/mol. The number of thioether (sulfide) groups is 1. The first-order chi connectivity index (χ1) is 22.2. The third-order valence-electron chi connectivity index (χ3n) is 7.30. The van der Waals surface area contributed by atoms with E-state index in [-0.39, 0.29) is 17.4 Å². The van der Waals surface area contributed by atoms with Gasteiger partial charge in [0.1, 0.15) is 10.7 Å². The van der Waals surface area contributed by atoms with E-state index in [1.807, 2.05) is 6.07 Å². The molecule has 46 heavy (non-hydrogen) atoms. The van der Waals surface area contributed by atoms with Crippen molar-refractivity contribution in [1.82, 2.24) is 5.32 Å². The molecule has 0 aliphatic heterocycles. The van der Waals surface area contributed by atoms with E-state index in [4.69, 9.17) is 16.3 Å². The predicted molar refractivity (Wildman–Crippen MR) is 185 cm³/mol. The fraction of sp³-hybridized carbons (Fsp3) is 0.200. The largest absolute Gasteiger partial charge is 0.465 e. The van der Waals surface area contributed by atoms with Gasteiger partial charge in [0.05, 0.1) is 18.4 Å². The van der Waals surface area contributed by atoms with Crippen molar-refractivity contribution in [1.29, 1.82) is 0 Å². The van der Waals surface area contributed by atoms with E-state index in [1.165, 1.54) is 30.2 Å². The number of thiophene rings is 1.